The summed E-state index contributed by atoms with van der Waals surface area (Å²) in [5.74, 6) is -0.335. The van der Waals surface area contributed by atoms with E-state index >= 15 is 0 Å². The molecule has 0 spiro atoms. The molecule has 0 bridgehead atoms. The second kappa shape index (κ2) is 6.91. The van der Waals surface area contributed by atoms with Crippen molar-refractivity contribution in [2.24, 2.45) is 0 Å². The summed E-state index contributed by atoms with van der Waals surface area (Å²) < 4.78 is 23.2. The van der Waals surface area contributed by atoms with Crippen LogP contribution in [0, 0.1) is 6.92 Å². The Labute approximate surface area is 134 Å². The van der Waals surface area contributed by atoms with E-state index in [1.807, 2.05) is 13.0 Å². The zero-order valence-electron chi connectivity index (χ0n) is 13.1. The topological polar surface area (TPSA) is 98.1 Å². The SMILES string of the molecule is Cc1cccc2c(=O)n(CC(=O)NCCCS(C)(=O)=O)cnc12. The largest absolute Gasteiger partial charge is 0.355 e. The molecule has 0 aliphatic carbocycles. The molecule has 23 heavy (non-hydrogen) atoms. The highest BCUT2D eigenvalue weighted by atomic mass is 32.2. The Morgan fingerprint density at radius 1 is 1.35 bits per heavy atom. The molecule has 1 aromatic carbocycles. The first-order chi connectivity index (χ1) is 10.8. The van der Waals surface area contributed by atoms with Crippen LogP contribution in [0.1, 0.15) is 12.0 Å². The Kier molecular flexibility index (Phi) is 5.15. The van der Waals surface area contributed by atoms with Crippen LogP contribution in [0.25, 0.3) is 10.9 Å². The van der Waals surface area contributed by atoms with Gasteiger partial charge < -0.3 is 5.32 Å². The van der Waals surface area contributed by atoms with Gasteiger partial charge in [-0.15, -0.1) is 0 Å². The molecule has 0 unspecified atom stereocenters. The maximum Gasteiger partial charge on any atom is 0.261 e. The van der Waals surface area contributed by atoms with E-state index in [1.165, 1.54) is 10.9 Å². The van der Waals surface area contributed by atoms with E-state index in [0.717, 1.165) is 11.8 Å². The van der Waals surface area contributed by atoms with Gasteiger partial charge in [0.1, 0.15) is 16.4 Å². The molecule has 0 atom stereocenters. The van der Waals surface area contributed by atoms with Crippen molar-refractivity contribution in [2.75, 3.05) is 18.6 Å². The van der Waals surface area contributed by atoms with Gasteiger partial charge in [-0.3, -0.25) is 14.2 Å². The molecule has 0 aliphatic heterocycles. The lowest BCUT2D eigenvalue weighted by Gasteiger charge is -2.08. The summed E-state index contributed by atoms with van der Waals surface area (Å²) in [6.45, 7) is 1.98. The number of nitrogens with one attached hydrogen (secondary N) is 1. The van der Waals surface area contributed by atoms with Crippen LogP contribution in [0.4, 0.5) is 0 Å². The van der Waals surface area contributed by atoms with Crippen molar-refractivity contribution in [3.05, 3.63) is 40.4 Å². The van der Waals surface area contributed by atoms with Crippen molar-refractivity contribution in [3.63, 3.8) is 0 Å². The average molecular weight is 337 g/mol. The number of sulfone groups is 1. The van der Waals surface area contributed by atoms with E-state index < -0.39 is 9.84 Å². The third-order valence-corrected chi connectivity index (χ3v) is 4.41. The molecule has 0 aliphatic rings. The second-order valence-corrected chi connectivity index (χ2v) is 7.74. The number of nitrogens with zero attached hydrogens (tertiary/aromatic N) is 2. The summed E-state index contributed by atoms with van der Waals surface area (Å²) in [6, 6.07) is 5.32. The second-order valence-electron chi connectivity index (χ2n) is 5.48. The predicted molar refractivity (Wildman–Crippen MR) is 88.1 cm³/mol. The fourth-order valence-electron chi connectivity index (χ4n) is 2.22. The quantitative estimate of drug-likeness (QED) is 0.762. The van der Waals surface area contributed by atoms with Gasteiger partial charge in [-0.25, -0.2) is 13.4 Å². The van der Waals surface area contributed by atoms with Gasteiger partial charge in [0.15, 0.2) is 0 Å². The van der Waals surface area contributed by atoms with E-state index in [0.29, 0.717) is 17.3 Å². The van der Waals surface area contributed by atoms with Crippen LogP contribution in [0.15, 0.2) is 29.3 Å². The Morgan fingerprint density at radius 3 is 2.78 bits per heavy atom. The molecule has 1 N–H and O–H groups in total. The number of hydrogen-bond donors (Lipinski definition) is 1. The van der Waals surface area contributed by atoms with Crippen LogP contribution < -0.4 is 10.9 Å². The lowest BCUT2D eigenvalue weighted by Crippen LogP contribution is -2.33. The molecule has 1 heterocycles. The standard InChI is InChI=1S/C15H19N3O4S/c1-11-5-3-6-12-14(11)17-10-18(15(12)20)9-13(19)16-7-4-8-23(2,21)22/h3,5-6,10H,4,7-9H2,1-2H3,(H,16,19). The number of rotatable bonds is 6. The van der Waals surface area contributed by atoms with Crippen molar-refractivity contribution < 1.29 is 13.2 Å². The number of fused-ring (bicyclic) bond motifs is 1. The number of carbonyl (C=O) groups excluding carboxylic acids is 1. The van der Waals surface area contributed by atoms with Gasteiger partial charge in [-0.05, 0) is 25.0 Å². The van der Waals surface area contributed by atoms with Gasteiger partial charge in [-0.1, -0.05) is 12.1 Å². The monoisotopic (exact) mass is 337 g/mol. The molecule has 0 radical (unpaired) electrons. The molecule has 8 heteroatoms. The highest BCUT2D eigenvalue weighted by Gasteiger charge is 2.09. The van der Waals surface area contributed by atoms with E-state index in [4.69, 9.17) is 0 Å². The maximum atomic E-state index is 12.3. The normalized spacial score (nSPS) is 11.6. The zero-order valence-corrected chi connectivity index (χ0v) is 13.9. The summed E-state index contributed by atoms with van der Waals surface area (Å²) >= 11 is 0. The molecule has 2 rings (SSSR count). The summed E-state index contributed by atoms with van der Waals surface area (Å²) in [4.78, 5) is 28.4. The number of aromatic nitrogens is 2. The molecule has 7 nitrogen and oxygen atoms in total. The van der Waals surface area contributed by atoms with E-state index in [9.17, 15) is 18.0 Å². The van der Waals surface area contributed by atoms with E-state index in [2.05, 4.69) is 10.3 Å². The van der Waals surface area contributed by atoms with Crippen LogP contribution >= 0.6 is 0 Å². The van der Waals surface area contributed by atoms with Gasteiger partial charge in [-0.2, -0.15) is 0 Å². The van der Waals surface area contributed by atoms with E-state index in [-0.39, 0.29) is 30.3 Å². The molecule has 2 aromatic rings. The average Bonchev–Trinajstić information content (AvgIpc) is 2.46. The van der Waals surface area contributed by atoms with Gasteiger partial charge >= 0.3 is 0 Å². The lowest BCUT2D eigenvalue weighted by atomic mass is 10.1. The van der Waals surface area contributed by atoms with Crippen LogP contribution in [-0.4, -0.2) is 42.4 Å². The minimum atomic E-state index is -3.03. The fourth-order valence-corrected chi connectivity index (χ4v) is 2.89. The fraction of sp³-hybridized carbons (Fsp3) is 0.400. The highest BCUT2D eigenvalue weighted by molar-refractivity contribution is 7.90. The molecule has 124 valence electrons. The van der Waals surface area contributed by atoms with Crippen molar-refractivity contribution >= 4 is 26.6 Å². The van der Waals surface area contributed by atoms with Crippen molar-refractivity contribution in [3.8, 4) is 0 Å². The van der Waals surface area contributed by atoms with Crippen molar-refractivity contribution in [1.82, 2.24) is 14.9 Å². The Hall–Kier alpha value is -2.22. The highest BCUT2D eigenvalue weighted by Crippen LogP contribution is 2.10. The number of hydrogen-bond acceptors (Lipinski definition) is 5. The van der Waals surface area contributed by atoms with Crippen molar-refractivity contribution in [2.45, 2.75) is 19.9 Å². The van der Waals surface area contributed by atoms with Gasteiger partial charge in [0.25, 0.3) is 5.56 Å². The molecule has 1 aromatic heterocycles. The van der Waals surface area contributed by atoms with Crippen LogP contribution in [-0.2, 0) is 21.2 Å². The van der Waals surface area contributed by atoms with Crippen LogP contribution in [0.3, 0.4) is 0 Å². The lowest BCUT2D eigenvalue weighted by molar-refractivity contribution is -0.121. The zero-order chi connectivity index (χ0) is 17.0. The van der Waals surface area contributed by atoms with Gasteiger partial charge in [0.2, 0.25) is 5.91 Å². The summed E-state index contributed by atoms with van der Waals surface area (Å²) in [7, 11) is -3.03. The molecule has 0 saturated carbocycles. The number of para-hydroxylation sites is 1. The van der Waals surface area contributed by atoms with E-state index in [1.54, 1.807) is 12.1 Å². The van der Waals surface area contributed by atoms with Crippen LogP contribution in [0.2, 0.25) is 0 Å². The Bertz CT molecular complexity index is 887. The predicted octanol–water partition coefficient (Wildman–Crippen LogP) is 0.256. The Balaban J connectivity index is 2.03. The molecular formula is C15H19N3O4S. The number of aryl methyl sites for hydroxylation is 1. The maximum absolute atomic E-state index is 12.3. The van der Waals surface area contributed by atoms with Crippen LogP contribution in [0.5, 0.6) is 0 Å². The summed E-state index contributed by atoms with van der Waals surface area (Å²) in [5.41, 5.74) is 1.25. The number of amides is 1. The minimum Gasteiger partial charge on any atom is -0.355 e. The first-order valence-corrected chi connectivity index (χ1v) is 9.23. The third-order valence-electron chi connectivity index (χ3n) is 3.38. The van der Waals surface area contributed by atoms with Crippen molar-refractivity contribution in [1.29, 1.82) is 0 Å². The summed E-state index contributed by atoms with van der Waals surface area (Å²) in [6.07, 6.45) is 2.85. The summed E-state index contributed by atoms with van der Waals surface area (Å²) in [5, 5.41) is 3.07. The molecule has 0 saturated heterocycles. The Morgan fingerprint density at radius 2 is 2.09 bits per heavy atom. The van der Waals surface area contributed by atoms with Gasteiger partial charge in [0.05, 0.1) is 23.0 Å². The first kappa shape index (κ1) is 17.1. The molecular weight excluding hydrogens is 318 g/mol. The first-order valence-electron chi connectivity index (χ1n) is 7.17. The third kappa shape index (κ3) is 4.62. The number of benzene rings is 1. The molecule has 0 fully saturated rings. The van der Waals surface area contributed by atoms with Gasteiger partial charge in [0, 0.05) is 12.8 Å². The smallest absolute Gasteiger partial charge is 0.261 e. The molecule has 1 amide bonds. The number of carbonyl (C=O) groups is 1. The minimum absolute atomic E-state index is 0.0179.